The van der Waals surface area contributed by atoms with Crippen LogP contribution in [-0.4, -0.2) is 25.8 Å². The Morgan fingerprint density at radius 1 is 1.30 bits per heavy atom. The topological polar surface area (TPSA) is 81.6 Å². The van der Waals surface area contributed by atoms with Crippen LogP contribution in [0.2, 0.25) is 5.02 Å². The lowest BCUT2D eigenvalue weighted by atomic mass is 9.90. The SMILES string of the molecule is Nc1ncnc(N[C@H]2CCCC[C@@H]2n2cccn2)c1Cl. The summed E-state index contributed by atoms with van der Waals surface area (Å²) in [6.45, 7) is 0. The van der Waals surface area contributed by atoms with Crippen LogP contribution in [0.5, 0.6) is 0 Å². The maximum atomic E-state index is 6.15. The highest BCUT2D eigenvalue weighted by atomic mass is 35.5. The van der Waals surface area contributed by atoms with E-state index in [4.69, 9.17) is 17.3 Å². The molecule has 0 spiro atoms. The molecule has 0 aliphatic heterocycles. The van der Waals surface area contributed by atoms with Crippen molar-refractivity contribution >= 4 is 23.2 Å². The van der Waals surface area contributed by atoms with E-state index in [1.165, 1.54) is 19.2 Å². The zero-order chi connectivity index (χ0) is 13.9. The summed E-state index contributed by atoms with van der Waals surface area (Å²) in [6.07, 6.45) is 9.79. The molecule has 2 aromatic rings. The van der Waals surface area contributed by atoms with Crippen molar-refractivity contribution in [3.63, 3.8) is 0 Å². The van der Waals surface area contributed by atoms with E-state index in [1.807, 2.05) is 16.9 Å². The molecule has 0 saturated heterocycles. The minimum Gasteiger partial charge on any atom is -0.382 e. The van der Waals surface area contributed by atoms with Gasteiger partial charge in [-0.2, -0.15) is 5.10 Å². The molecule has 106 valence electrons. The summed E-state index contributed by atoms with van der Waals surface area (Å²) in [5.41, 5.74) is 5.71. The Bertz CT molecular complexity index is 570. The van der Waals surface area contributed by atoms with Crippen LogP contribution in [0.1, 0.15) is 31.7 Å². The second kappa shape index (κ2) is 5.66. The van der Waals surface area contributed by atoms with Gasteiger partial charge in [-0.3, -0.25) is 4.68 Å². The van der Waals surface area contributed by atoms with Gasteiger partial charge >= 0.3 is 0 Å². The van der Waals surface area contributed by atoms with Crippen molar-refractivity contribution in [1.29, 1.82) is 0 Å². The number of halogens is 1. The molecule has 2 atom stereocenters. The van der Waals surface area contributed by atoms with Crippen molar-refractivity contribution < 1.29 is 0 Å². The van der Waals surface area contributed by atoms with Gasteiger partial charge in [-0.25, -0.2) is 9.97 Å². The van der Waals surface area contributed by atoms with E-state index < -0.39 is 0 Å². The molecule has 0 amide bonds. The van der Waals surface area contributed by atoms with Crippen LogP contribution in [-0.2, 0) is 0 Å². The van der Waals surface area contributed by atoms with Crippen LogP contribution in [0.15, 0.2) is 24.8 Å². The van der Waals surface area contributed by atoms with Gasteiger partial charge in [0.1, 0.15) is 17.2 Å². The van der Waals surface area contributed by atoms with Crippen molar-refractivity contribution in [2.75, 3.05) is 11.1 Å². The number of rotatable bonds is 3. The predicted octanol–water partition coefficient (Wildman–Crippen LogP) is 2.50. The second-order valence-electron chi connectivity index (χ2n) is 5.01. The van der Waals surface area contributed by atoms with Crippen molar-refractivity contribution in [2.24, 2.45) is 0 Å². The summed E-state index contributed by atoms with van der Waals surface area (Å²) < 4.78 is 2.01. The Balaban J connectivity index is 1.82. The smallest absolute Gasteiger partial charge is 0.150 e. The molecule has 1 fully saturated rings. The fourth-order valence-electron chi connectivity index (χ4n) is 2.73. The molecule has 0 radical (unpaired) electrons. The first-order valence-electron chi connectivity index (χ1n) is 6.77. The predicted molar refractivity (Wildman–Crippen MR) is 78.6 cm³/mol. The lowest BCUT2D eigenvalue weighted by Crippen LogP contribution is -2.35. The number of nitrogens with one attached hydrogen (secondary N) is 1. The number of nitrogen functional groups attached to an aromatic ring is 1. The maximum absolute atomic E-state index is 6.15. The number of nitrogens with zero attached hydrogens (tertiary/aromatic N) is 4. The van der Waals surface area contributed by atoms with Gasteiger partial charge in [-0.1, -0.05) is 24.4 Å². The van der Waals surface area contributed by atoms with E-state index in [-0.39, 0.29) is 6.04 Å². The van der Waals surface area contributed by atoms with E-state index in [2.05, 4.69) is 20.4 Å². The zero-order valence-electron chi connectivity index (χ0n) is 11.0. The minimum atomic E-state index is 0.246. The average Bonchev–Trinajstić information content (AvgIpc) is 2.98. The van der Waals surface area contributed by atoms with Crippen molar-refractivity contribution in [3.05, 3.63) is 29.8 Å². The molecule has 0 bridgehead atoms. The Kier molecular flexibility index (Phi) is 3.73. The molecule has 20 heavy (non-hydrogen) atoms. The standard InChI is InChI=1S/C13H17ClN6/c14-11-12(15)16-8-17-13(11)19-9-4-1-2-5-10(9)20-7-3-6-18-20/h3,6-10H,1-2,4-5H2,(H3,15,16,17,19)/t9-,10-/m0/s1. The number of nitrogens with two attached hydrogens (primary N) is 1. The summed E-state index contributed by atoms with van der Waals surface area (Å²) in [7, 11) is 0. The van der Waals surface area contributed by atoms with Crippen LogP contribution in [0, 0.1) is 0 Å². The molecule has 1 aliphatic rings. The fraction of sp³-hybridized carbons (Fsp3) is 0.462. The Morgan fingerprint density at radius 2 is 2.15 bits per heavy atom. The summed E-state index contributed by atoms with van der Waals surface area (Å²) in [6, 6.07) is 2.50. The van der Waals surface area contributed by atoms with Crippen molar-refractivity contribution in [3.8, 4) is 0 Å². The largest absolute Gasteiger partial charge is 0.382 e. The Hall–Kier alpha value is -1.82. The van der Waals surface area contributed by atoms with E-state index >= 15 is 0 Å². The number of anilines is 2. The van der Waals surface area contributed by atoms with Crippen LogP contribution in [0.4, 0.5) is 11.6 Å². The first-order chi connectivity index (χ1) is 9.75. The third-order valence-electron chi connectivity index (χ3n) is 3.73. The molecular weight excluding hydrogens is 276 g/mol. The Labute approximate surface area is 122 Å². The van der Waals surface area contributed by atoms with E-state index in [0.717, 1.165) is 12.8 Å². The lowest BCUT2D eigenvalue weighted by molar-refractivity contribution is 0.301. The summed E-state index contributed by atoms with van der Waals surface area (Å²) in [4.78, 5) is 8.06. The summed E-state index contributed by atoms with van der Waals surface area (Å²) in [5, 5.41) is 8.15. The third-order valence-corrected chi connectivity index (χ3v) is 4.11. The van der Waals surface area contributed by atoms with Crippen molar-refractivity contribution in [2.45, 2.75) is 37.8 Å². The molecule has 1 aliphatic carbocycles. The lowest BCUT2D eigenvalue weighted by Gasteiger charge is -2.32. The van der Waals surface area contributed by atoms with Gasteiger partial charge in [-0.05, 0) is 18.9 Å². The van der Waals surface area contributed by atoms with Crippen LogP contribution in [0.25, 0.3) is 0 Å². The molecular formula is C13H17ClN6. The van der Waals surface area contributed by atoms with Crippen LogP contribution in [0.3, 0.4) is 0 Å². The van der Waals surface area contributed by atoms with Gasteiger partial charge in [-0.15, -0.1) is 0 Å². The molecule has 0 aromatic carbocycles. The molecule has 3 N–H and O–H groups in total. The summed E-state index contributed by atoms with van der Waals surface area (Å²) >= 11 is 6.15. The maximum Gasteiger partial charge on any atom is 0.150 e. The Morgan fingerprint density at radius 3 is 2.95 bits per heavy atom. The van der Waals surface area contributed by atoms with Gasteiger partial charge in [0, 0.05) is 12.4 Å². The minimum absolute atomic E-state index is 0.246. The first-order valence-corrected chi connectivity index (χ1v) is 7.15. The third kappa shape index (κ3) is 2.56. The van der Waals surface area contributed by atoms with Gasteiger partial charge in [0.05, 0.1) is 12.1 Å². The molecule has 0 unspecified atom stereocenters. The first kappa shape index (κ1) is 13.2. The fourth-order valence-corrected chi connectivity index (χ4v) is 2.88. The van der Waals surface area contributed by atoms with Gasteiger partial charge in [0.2, 0.25) is 0 Å². The van der Waals surface area contributed by atoms with Gasteiger partial charge in [0.15, 0.2) is 5.82 Å². The number of aromatic nitrogens is 4. The van der Waals surface area contributed by atoms with Crippen LogP contribution < -0.4 is 11.1 Å². The molecule has 6 nitrogen and oxygen atoms in total. The zero-order valence-corrected chi connectivity index (χ0v) is 11.8. The quantitative estimate of drug-likeness (QED) is 0.908. The normalized spacial score (nSPS) is 22.6. The molecule has 3 rings (SSSR count). The summed E-state index contributed by atoms with van der Waals surface area (Å²) in [5.74, 6) is 0.902. The van der Waals surface area contributed by atoms with Gasteiger partial charge in [0.25, 0.3) is 0 Å². The van der Waals surface area contributed by atoms with Gasteiger partial charge < -0.3 is 11.1 Å². The second-order valence-corrected chi connectivity index (χ2v) is 5.39. The number of hydrogen-bond donors (Lipinski definition) is 2. The van der Waals surface area contributed by atoms with Crippen molar-refractivity contribution in [1.82, 2.24) is 19.7 Å². The monoisotopic (exact) mass is 292 g/mol. The highest BCUT2D eigenvalue weighted by Gasteiger charge is 2.27. The number of hydrogen-bond acceptors (Lipinski definition) is 5. The molecule has 1 saturated carbocycles. The van der Waals surface area contributed by atoms with E-state index in [9.17, 15) is 0 Å². The highest BCUT2D eigenvalue weighted by molar-refractivity contribution is 6.35. The van der Waals surface area contributed by atoms with Crippen LogP contribution >= 0.6 is 11.6 Å². The molecule has 7 heteroatoms. The molecule has 2 heterocycles. The average molecular weight is 293 g/mol. The molecule has 2 aromatic heterocycles. The van der Waals surface area contributed by atoms with E-state index in [0.29, 0.717) is 22.7 Å². The van der Waals surface area contributed by atoms with E-state index in [1.54, 1.807) is 6.20 Å². The highest BCUT2D eigenvalue weighted by Crippen LogP contribution is 2.32.